The molecule has 2 N–H and O–H groups in total. The molecule has 1 rings (SSSR count). The molecule has 0 aliphatic heterocycles. The Labute approximate surface area is 92.6 Å². The van der Waals surface area contributed by atoms with Crippen LogP contribution in [0.3, 0.4) is 0 Å². The van der Waals surface area contributed by atoms with E-state index < -0.39 is 0 Å². The molecule has 0 amide bonds. The van der Waals surface area contributed by atoms with Crippen molar-refractivity contribution in [1.82, 2.24) is 0 Å². The highest BCUT2D eigenvalue weighted by Gasteiger charge is 1.99. The predicted octanol–water partition coefficient (Wildman–Crippen LogP) is 2.91. The Morgan fingerprint density at radius 3 is 2.69 bits per heavy atom. The van der Waals surface area contributed by atoms with Crippen LogP contribution in [0.1, 0.15) is 13.8 Å². The summed E-state index contributed by atoms with van der Waals surface area (Å²) in [5, 5.41) is 0. The Balaban J connectivity index is 2.63. The highest BCUT2D eigenvalue weighted by atomic mass is 127. The Morgan fingerprint density at radius 1 is 1.46 bits per heavy atom. The van der Waals surface area contributed by atoms with Gasteiger partial charge in [0.25, 0.3) is 0 Å². The van der Waals surface area contributed by atoms with Crippen LogP contribution in [0.4, 0.5) is 5.69 Å². The van der Waals surface area contributed by atoms with Crippen LogP contribution in [0.25, 0.3) is 0 Å². The second-order valence-corrected chi connectivity index (χ2v) is 4.55. The smallest absolute Gasteiger partial charge is 0.121 e. The molecule has 0 atom stereocenters. The normalized spacial score (nSPS) is 10.5. The monoisotopic (exact) mass is 291 g/mol. The van der Waals surface area contributed by atoms with Crippen molar-refractivity contribution in [3.8, 4) is 5.75 Å². The number of hydrogen-bond donors (Lipinski definition) is 1. The number of nitrogen functional groups attached to an aromatic ring is 1. The minimum atomic E-state index is 0.542. The topological polar surface area (TPSA) is 35.2 Å². The molecule has 72 valence electrons. The summed E-state index contributed by atoms with van der Waals surface area (Å²) in [4.78, 5) is 0. The van der Waals surface area contributed by atoms with Crippen LogP contribution in [0.15, 0.2) is 18.2 Å². The third-order valence-electron chi connectivity index (χ3n) is 1.55. The molecule has 2 nitrogen and oxygen atoms in total. The van der Waals surface area contributed by atoms with Crippen LogP contribution in [0.2, 0.25) is 0 Å². The van der Waals surface area contributed by atoms with Crippen molar-refractivity contribution in [3.63, 3.8) is 0 Å². The standard InChI is InChI=1S/C10H14INO/c1-7(2)6-13-8-3-4-9(11)10(12)5-8/h3-5,7H,6,12H2,1-2H3. The molecule has 0 bridgehead atoms. The summed E-state index contributed by atoms with van der Waals surface area (Å²) in [7, 11) is 0. The summed E-state index contributed by atoms with van der Waals surface area (Å²) < 4.78 is 6.58. The third kappa shape index (κ3) is 3.42. The number of ether oxygens (including phenoxy) is 1. The van der Waals surface area contributed by atoms with Gasteiger partial charge in [0.2, 0.25) is 0 Å². The number of benzene rings is 1. The number of anilines is 1. The molecule has 1 aromatic carbocycles. The fourth-order valence-corrected chi connectivity index (χ4v) is 1.21. The van der Waals surface area contributed by atoms with E-state index in [-0.39, 0.29) is 0 Å². The van der Waals surface area contributed by atoms with E-state index in [1.165, 1.54) is 0 Å². The number of nitrogens with two attached hydrogens (primary N) is 1. The Morgan fingerprint density at radius 2 is 2.15 bits per heavy atom. The summed E-state index contributed by atoms with van der Waals surface area (Å²) in [6.45, 7) is 4.98. The van der Waals surface area contributed by atoms with Crippen molar-refractivity contribution in [2.45, 2.75) is 13.8 Å². The maximum Gasteiger partial charge on any atom is 0.121 e. The minimum Gasteiger partial charge on any atom is -0.493 e. The maximum absolute atomic E-state index is 5.74. The summed E-state index contributed by atoms with van der Waals surface area (Å²) in [6.07, 6.45) is 0. The zero-order valence-electron chi connectivity index (χ0n) is 7.88. The van der Waals surface area contributed by atoms with E-state index in [0.29, 0.717) is 5.92 Å². The minimum absolute atomic E-state index is 0.542. The van der Waals surface area contributed by atoms with E-state index in [9.17, 15) is 0 Å². The average molecular weight is 291 g/mol. The lowest BCUT2D eigenvalue weighted by atomic mass is 10.2. The van der Waals surface area contributed by atoms with Crippen LogP contribution in [-0.4, -0.2) is 6.61 Å². The van der Waals surface area contributed by atoms with Gasteiger partial charge in [-0.25, -0.2) is 0 Å². The average Bonchev–Trinajstić information content (AvgIpc) is 2.07. The molecule has 0 aromatic heterocycles. The molecular weight excluding hydrogens is 277 g/mol. The Hall–Kier alpha value is -0.450. The van der Waals surface area contributed by atoms with Crippen LogP contribution in [0.5, 0.6) is 5.75 Å². The molecule has 0 saturated carbocycles. The first kappa shape index (κ1) is 10.6. The fraction of sp³-hybridized carbons (Fsp3) is 0.400. The number of halogens is 1. The van der Waals surface area contributed by atoms with Crippen LogP contribution in [-0.2, 0) is 0 Å². The molecule has 1 aromatic rings. The lowest BCUT2D eigenvalue weighted by Crippen LogP contribution is -2.04. The quantitative estimate of drug-likeness (QED) is 0.686. The van der Waals surface area contributed by atoms with Gasteiger partial charge in [0.1, 0.15) is 5.75 Å². The Bertz CT molecular complexity index is 286. The van der Waals surface area contributed by atoms with E-state index in [0.717, 1.165) is 21.6 Å². The molecule has 0 radical (unpaired) electrons. The van der Waals surface area contributed by atoms with Gasteiger partial charge >= 0.3 is 0 Å². The van der Waals surface area contributed by atoms with Crippen LogP contribution >= 0.6 is 22.6 Å². The summed E-state index contributed by atoms with van der Waals surface area (Å²) in [6, 6.07) is 5.77. The van der Waals surface area contributed by atoms with Crippen LogP contribution in [0, 0.1) is 9.49 Å². The highest BCUT2D eigenvalue weighted by Crippen LogP contribution is 2.21. The molecule has 0 unspecified atom stereocenters. The molecule has 0 spiro atoms. The van der Waals surface area contributed by atoms with Crippen molar-refractivity contribution in [2.75, 3.05) is 12.3 Å². The van der Waals surface area contributed by atoms with Gasteiger partial charge in [0.05, 0.1) is 6.61 Å². The first-order chi connectivity index (χ1) is 6.09. The van der Waals surface area contributed by atoms with Crippen molar-refractivity contribution in [1.29, 1.82) is 0 Å². The van der Waals surface area contributed by atoms with Crippen molar-refractivity contribution in [3.05, 3.63) is 21.8 Å². The van der Waals surface area contributed by atoms with Gasteiger partial charge in [0, 0.05) is 15.3 Å². The second kappa shape index (κ2) is 4.69. The third-order valence-corrected chi connectivity index (χ3v) is 2.53. The van der Waals surface area contributed by atoms with E-state index in [2.05, 4.69) is 36.4 Å². The van der Waals surface area contributed by atoms with Crippen molar-refractivity contribution in [2.24, 2.45) is 5.92 Å². The molecule has 13 heavy (non-hydrogen) atoms. The van der Waals surface area contributed by atoms with E-state index >= 15 is 0 Å². The molecule has 0 saturated heterocycles. The van der Waals surface area contributed by atoms with Crippen LogP contribution < -0.4 is 10.5 Å². The molecule has 0 aliphatic rings. The zero-order chi connectivity index (χ0) is 9.84. The van der Waals surface area contributed by atoms with Gasteiger partial charge in [-0.1, -0.05) is 13.8 Å². The fourth-order valence-electron chi connectivity index (χ4n) is 0.875. The largest absolute Gasteiger partial charge is 0.493 e. The second-order valence-electron chi connectivity index (χ2n) is 3.39. The zero-order valence-corrected chi connectivity index (χ0v) is 10.0. The van der Waals surface area contributed by atoms with Gasteiger partial charge in [0.15, 0.2) is 0 Å². The van der Waals surface area contributed by atoms with Gasteiger partial charge in [-0.05, 0) is 40.6 Å². The SMILES string of the molecule is CC(C)COc1ccc(I)c(N)c1. The molecule has 0 fully saturated rings. The first-order valence-corrected chi connectivity index (χ1v) is 5.35. The van der Waals surface area contributed by atoms with Gasteiger partial charge in [-0.2, -0.15) is 0 Å². The van der Waals surface area contributed by atoms with E-state index in [1.54, 1.807) is 0 Å². The van der Waals surface area contributed by atoms with Crippen molar-refractivity contribution >= 4 is 28.3 Å². The van der Waals surface area contributed by atoms with Crippen molar-refractivity contribution < 1.29 is 4.74 Å². The van der Waals surface area contributed by atoms with Gasteiger partial charge in [-0.15, -0.1) is 0 Å². The molecule has 0 aliphatic carbocycles. The molecule has 3 heteroatoms. The van der Waals surface area contributed by atoms with Gasteiger partial charge in [-0.3, -0.25) is 0 Å². The lowest BCUT2D eigenvalue weighted by Gasteiger charge is -2.09. The first-order valence-electron chi connectivity index (χ1n) is 4.27. The number of hydrogen-bond acceptors (Lipinski definition) is 2. The summed E-state index contributed by atoms with van der Waals surface area (Å²) >= 11 is 2.20. The predicted molar refractivity (Wildman–Crippen MR) is 63.9 cm³/mol. The maximum atomic E-state index is 5.74. The molecular formula is C10H14INO. The number of rotatable bonds is 3. The van der Waals surface area contributed by atoms with Gasteiger partial charge < -0.3 is 10.5 Å². The molecule has 0 heterocycles. The lowest BCUT2D eigenvalue weighted by molar-refractivity contribution is 0.271. The summed E-state index contributed by atoms with van der Waals surface area (Å²) in [5.74, 6) is 1.40. The Kier molecular flexibility index (Phi) is 3.84. The van der Waals surface area contributed by atoms with E-state index in [1.807, 2.05) is 18.2 Å². The highest BCUT2D eigenvalue weighted by molar-refractivity contribution is 14.1. The van der Waals surface area contributed by atoms with E-state index in [4.69, 9.17) is 10.5 Å². The summed E-state index contributed by atoms with van der Waals surface area (Å²) in [5.41, 5.74) is 6.52.